The quantitative estimate of drug-likeness (QED) is 0.242. The van der Waals surface area contributed by atoms with E-state index in [1.807, 2.05) is 31.2 Å². The average Bonchev–Trinajstić information content (AvgIpc) is 3.31. The Morgan fingerprint density at radius 1 is 0.926 bits per heavy atom. The summed E-state index contributed by atoms with van der Waals surface area (Å²) in [5.41, 5.74) is 1.21. The molecule has 0 aromatic heterocycles. The molecule has 0 N–H and O–H groups in total. The van der Waals surface area contributed by atoms with E-state index in [4.69, 9.17) is 24.0 Å². The maximum atomic E-state index is 11.9. The Hall–Kier alpha value is -1.89. The molecule has 3 atom stereocenters. The first kappa shape index (κ1) is 19.9. The molecular formula is C21H28O6. The summed E-state index contributed by atoms with van der Waals surface area (Å²) in [4.78, 5) is 21.8. The van der Waals surface area contributed by atoms with Crippen molar-refractivity contribution in [2.45, 2.75) is 19.8 Å². The van der Waals surface area contributed by atoms with Crippen LogP contribution in [-0.4, -0.2) is 45.6 Å². The Kier molecular flexibility index (Phi) is 7.68. The summed E-state index contributed by atoms with van der Waals surface area (Å²) in [6, 6.07) is 7.91. The van der Waals surface area contributed by atoms with Gasteiger partial charge in [0.2, 0.25) is 0 Å². The van der Waals surface area contributed by atoms with E-state index < -0.39 is 0 Å². The topological polar surface area (TPSA) is 63.2 Å². The summed E-state index contributed by atoms with van der Waals surface area (Å²) >= 11 is 0. The smallest absolute Gasteiger partial charge is 0.346 e. The first-order chi connectivity index (χ1) is 13.2. The van der Waals surface area contributed by atoms with Gasteiger partial charge in [0, 0.05) is 0 Å². The number of hydrogen-bond donors (Lipinski definition) is 0. The molecule has 0 spiro atoms. The van der Waals surface area contributed by atoms with Crippen LogP contribution in [0.3, 0.4) is 0 Å². The van der Waals surface area contributed by atoms with Gasteiger partial charge < -0.3 is 14.2 Å². The molecule has 1 fully saturated rings. The molecule has 2 aliphatic carbocycles. The second-order valence-corrected chi connectivity index (χ2v) is 7.00. The summed E-state index contributed by atoms with van der Waals surface area (Å²) in [5, 5.41) is 0. The molecule has 1 saturated carbocycles. The van der Waals surface area contributed by atoms with Crippen molar-refractivity contribution in [3.63, 3.8) is 0 Å². The van der Waals surface area contributed by atoms with Gasteiger partial charge in [-0.05, 0) is 43.7 Å². The molecule has 1 aromatic rings. The average molecular weight is 376 g/mol. The van der Waals surface area contributed by atoms with Gasteiger partial charge in [-0.1, -0.05) is 29.8 Å². The van der Waals surface area contributed by atoms with Gasteiger partial charge in [0.1, 0.15) is 19.0 Å². The minimum absolute atomic E-state index is 0.0450. The normalized spacial score (nSPS) is 22.9. The summed E-state index contributed by atoms with van der Waals surface area (Å²) < 4.78 is 16.4. The number of carbonyl (C=O) groups excluding carboxylic acids is 1. The van der Waals surface area contributed by atoms with Crippen molar-refractivity contribution in [1.82, 2.24) is 0 Å². The molecule has 0 radical (unpaired) electrons. The van der Waals surface area contributed by atoms with Crippen molar-refractivity contribution in [3.8, 4) is 5.75 Å². The SMILES string of the molecule is Cc1ccc(OCCOCCOCCOOC(=O)C2CC3C=CC2C3)cc1. The van der Waals surface area contributed by atoms with E-state index in [0.717, 1.165) is 18.6 Å². The molecule has 0 heterocycles. The second kappa shape index (κ2) is 10.4. The fourth-order valence-corrected chi connectivity index (χ4v) is 3.48. The lowest BCUT2D eigenvalue weighted by Gasteiger charge is -2.15. The maximum absolute atomic E-state index is 11.9. The fraction of sp³-hybridized carbons (Fsp3) is 0.571. The summed E-state index contributed by atoms with van der Waals surface area (Å²) in [5.74, 6) is 1.40. The van der Waals surface area contributed by atoms with E-state index in [2.05, 4.69) is 12.2 Å². The first-order valence-corrected chi connectivity index (χ1v) is 9.59. The minimum Gasteiger partial charge on any atom is -0.491 e. The highest BCUT2D eigenvalue weighted by atomic mass is 17.2. The molecule has 0 aliphatic heterocycles. The van der Waals surface area contributed by atoms with Crippen LogP contribution >= 0.6 is 0 Å². The van der Waals surface area contributed by atoms with Gasteiger partial charge in [0.05, 0.1) is 32.3 Å². The zero-order chi connectivity index (χ0) is 18.9. The lowest BCUT2D eigenvalue weighted by molar-refractivity contribution is -0.280. The van der Waals surface area contributed by atoms with Crippen molar-refractivity contribution in [1.29, 1.82) is 0 Å². The van der Waals surface area contributed by atoms with E-state index >= 15 is 0 Å². The highest BCUT2D eigenvalue weighted by Crippen LogP contribution is 2.43. The highest BCUT2D eigenvalue weighted by Gasteiger charge is 2.41. The largest absolute Gasteiger partial charge is 0.491 e. The third kappa shape index (κ3) is 6.34. The Morgan fingerprint density at radius 3 is 2.30 bits per heavy atom. The molecule has 3 rings (SSSR count). The van der Waals surface area contributed by atoms with Crippen LogP contribution in [0.1, 0.15) is 18.4 Å². The standard InChI is InChI=1S/C21H28O6/c1-16-2-6-19(7-3-16)25-12-10-23-8-9-24-11-13-26-27-21(22)20-15-17-4-5-18(20)14-17/h2-7,17-18,20H,8-15H2,1H3. The molecule has 27 heavy (non-hydrogen) atoms. The maximum Gasteiger partial charge on any atom is 0.346 e. The number of aryl methyl sites for hydroxylation is 1. The predicted molar refractivity (Wildman–Crippen MR) is 99.2 cm³/mol. The fourth-order valence-electron chi connectivity index (χ4n) is 3.48. The van der Waals surface area contributed by atoms with E-state index in [1.165, 1.54) is 5.56 Å². The lowest BCUT2D eigenvalue weighted by atomic mass is 9.94. The van der Waals surface area contributed by atoms with Crippen molar-refractivity contribution in [2.24, 2.45) is 17.8 Å². The van der Waals surface area contributed by atoms with Gasteiger partial charge in [-0.25, -0.2) is 4.79 Å². The van der Waals surface area contributed by atoms with Crippen LogP contribution in [0.4, 0.5) is 0 Å². The Balaban J connectivity index is 1.10. The lowest BCUT2D eigenvalue weighted by Crippen LogP contribution is -2.22. The summed E-state index contributed by atoms with van der Waals surface area (Å²) in [7, 11) is 0. The van der Waals surface area contributed by atoms with E-state index in [0.29, 0.717) is 44.9 Å². The van der Waals surface area contributed by atoms with Crippen molar-refractivity contribution in [3.05, 3.63) is 42.0 Å². The molecule has 3 unspecified atom stereocenters. The van der Waals surface area contributed by atoms with Crippen LogP contribution < -0.4 is 4.74 Å². The molecule has 148 valence electrons. The number of carbonyl (C=O) groups is 1. The molecule has 6 heteroatoms. The zero-order valence-electron chi connectivity index (χ0n) is 15.8. The van der Waals surface area contributed by atoms with E-state index in [-0.39, 0.29) is 18.5 Å². The summed E-state index contributed by atoms with van der Waals surface area (Å²) in [6.45, 7) is 4.56. The second-order valence-electron chi connectivity index (χ2n) is 7.00. The van der Waals surface area contributed by atoms with Crippen molar-refractivity contribution in [2.75, 3.05) is 39.6 Å². The number of allylic oxidation sites excluding steroid dienone is 2. The molecule has 2 bridgehead atoms. The molecule has 6 nitrogen and oxygen atoms in total. The third-order valence-corrected chi connectivity index (χ3v) is 4.92. The van der Waals surface area contributed by atoms with E-state index in [9.17, 15) is 4.79 Å². The van der Waals surface area contributed by atoms with Gasteiger partial charge in [0.25, 0.3) is 0 Å². The Bertz CT molecular complexity index is 612. The van der Waals surface area contributed by atoms with Crippen LogP contribution in [0.15, 0.2) is 36.4 Å². The number of ether oxygens (including phenoxy) is 3. The third-order valence-electron chi connectivity index (χ3n) is 4.92. The predicted octanol–water partition coefficient (Wildman–Crippen LogP) is 3.09. The number of hydrogen-bond acceptors (Lipinski definition) is 6. The molecule has 2 aliphatic rings. The van der Waals surface area contributed by atoms with Crippen molar-refractivity contribution < 1.29 is 28.8 Å². The Morgan fingerprint density at radius 2 is 1.63 bits per heavy atom. The van der Waals surface area contributed by atoms with Crippen LogP contribution in [0.25, 0.3) is 0 Å². The molecule has 0 saturated heterocycles. The molecule has 0 amide bonds. The monoisotopic (exact) mass is 376 g/mol. The summed E-state index contributed by atoms with van der Waals surface area (Å²) in [6.07, 6.45) is 6.26. The van der Waals surface area contributed by atoms with Crippen LogP contribution in [0.2, 0.25) is 0 Å². The minimum atomic E-state index is -0.260. The molecular weight excluding hydrogens is 348 g/mol. The number of benzene rings is 1. The number of rotatable bonds is 12. The van der Waals surface area contributed by atoms with Gasteiger partial charge in [0.15, 0.2) is 0 Å². The number of fused-ring (bicyclic) bond motifs is 2. The first-order valence-electron chi connectivity index (χ1n) is 9.59. The van der Waals surface area contributed by atoms with Gasteiger partial charge >= 0.3 is 5.97 Å². The Labute approximate surface area is 160 Å². The molecule has 1 aromatic carbocycles. The van der Waals surface area contributed by atoms with Crippen LogP contribution in [-0.2, 0) is 24.0 Å². The van der Waals surface area contributed by atoms with Crippen LogP contribution in [0.5, 0.6) is 5.75 Å². The van der Waals surface area contributed by atoms with Crippen LogP contribution in [0, 0.1) is 24.7 Å². The van der Waals surface area contributed by atoms with Gasteiger partial charge in [-0.15, -0.1) is 0 Å². The van der Waals surface area contributed by atoms with Crippen molar-refractivity contribution >= 4 is 5.97 Å². The van der Waals surface area contributed by atoms with E-state index in [1.54, 1.807) is 0 Å². The zero-order valence-corrected chi connectivity index (χ0v) is 15.8. The van der Waals surface area contributed by atoms with Gasteiger partial charge in [-0.3, -0.25) is 4.89 Å². The highest BCUT2D eigenvalue weighted by molar-refractivity contribution is 5.73. The van der Waals surface area contributed by atoms with Gasteiger partial charge in [-0.2, -0.15) is 4.89 Å².